The van der Waals surface area contributed by atoms with Gasteiger partial charge in [-0.15, -0.1) is 0 Å². The zero-order valence-electron chi connectivity index (χ0n) is 12.0. The Hall–Kier alpha value is -2.40. The predicted molar refractivity (Wildman–Crippen MR) is 80.6 cm³/mol. The summed E-state index contributed by atoms with van der Waals surface area (Å²) in [6.45, 7) is 3.42. The maximum atomic E-state index is 10.6. The summed E-state index contributed by atoms with van der Waals surface area (Å²) < 4.78 is 5.21. The monoisotopic (exact) mass is 285 g/mol. The van der Waals surface area contributed by atoms with Crippen molar-refractivity contribution in [2.75, 3.05) is 6.61 Å². The third-order valence-electron chi connectivity index (χ3n) is 3.04. The van der Waals surface area contributed by atoms with Crippen molar-refractivity contribution in [3.63, 3.8) is 0 Å². The van der Waals surface area contributed by atoms with E-state index >= 15 is 0 Å². The highest BCUT2D eigenvalue weighted by Gasteiger charge is 2.00. The second-order valence-corrected chi connectivity index (χ2v) is 4.77. The fraction of sp³-hybridized carbons (Fsp3) is 0.250. The molecule has 0 saturated carbocycles. The number of benzene rings is 1. The molecule has 1 aromatic heterocycles. The Morgan fingerprint density at radius 3 is 2.67 bits per heavy atom. The Kier molecular flexibility index (Phi) is 5.29. The number of primary amides is 1. The molecular weight excluding hydrogens is 266 g/mol. The molecule has 5 nitrogen and oxygen atoms in total. The Morgan fingerprint density at radius 2 is 2.00 bits per heavy atom. The van der Waals surface area contributed by atoms with Gasteiger partial charge >= 0.3 is 0 Å². The van der Waals surface area contributed by atoms with Crippen LogP contribution in [0.3, 0.4) is 0 Å². The number of amides is 1. The largest absolute Gasteiger partial charge is 0.484 e. The van der Waals surface area contributed by atoms with Crippen LogP contribution in [0, 0.1) is 6.92 Å². The van der Waals surface area contributed by atoms with Crippen molar-refractivity contribution in [1.82, 2.24) is 10.3 Å². The molecule has 2 rings (SSSR count). The molecule has 2 aromatic rings. The Morgan fingerprint density at radius 1 is 1.24 bits per heavy atom. The van der Waals surface area contributed by atoms with Gasteiger partial charge in [0.2, 0.25) is 0 Å². The van der Waals surface area contributed by atoms with Crippen molar-refractivity contribution in [2.45, 2.75) is 20.0 Å². The van der Waals surface area contributed by atoms with E-state index < -0.39 is 5.91 Å². The van der Waals surface area contributed by atoms with E-state index in [1.807, 2.05) is 30.3 Å². The van der Waals surface area contributed by atoms with Gasteiger partial charge < -0.3 is 15.8 Å². The third-order valence-corrected chi connectivity index (χ3v) is 3.04. The molecule has 0 saturated heterocycles. The molecule has 0 spiro atoms. The number of hydrogen-bond acceptors (Lipinski definition) is 4. The highest BCUT2D eigenvalue weighted by Crippen LogP contribution is 2.12. The van der Waals surface area contributed by atoms with E-state index in [-0.39, 0.29) is 6.61 Å². The minimum absolute atomic E-state index is 0.101. The average molecular weight is 285 g/mol. The number of rotatable bonds is 7. The van der Waals surface area contributed by atoms with Crippen molar-refractivity contribution in [3.05, 3.63) is 59.4 Å². The van der Waals surface area contributed by atoms with E-state index in [0.29, 0.717) is 5.75 Å². The lowest BCUT2D eigenvalue weighted by Gasteiger charge is -2.08. The van der Waals surface area contributed by atoms with Gasteiger partial charge in [0.25, 0.3) is 5.91 Å². The molecule has 1 aromatic carbocycles. The van der Waals surface area contributed by atoms with E-state index in [0.717, 1.165) is 24.3 Å². The van der Waals surface area contributed by atoms with E-state index in [9.17, 15) is 4.79 Å². The standard InChI is InChI=1S/C16H19N3O2/c1-12-3-2-8-19-15(12)10-18-9-13-4-6-14(7-5-13)21-11-16(17)20/h2-8,18H,9-11H2,1H3,(H2,17,20). The molecule has 0 aliphatic rings. The van der Waals surface area contributed by atoms with Crippen molar-refractivity contribution in [1.29, 1.82) is 0 Å². The molecule has 0 fully saturated rings. The number of nitrogens with two attached hydrogens (primary N) is 1. The quantitative estimate of drug-likeness (QED) is 0.809. The number of aromatic nitrogens is 1. The topological polar surface area (TPSA) is 77.2 Å². The van der Waals surface area contributed by atoms with Crippen LogP contribution in [0.4, 0.5) is 0 Å². The van der Waals surface area contributed by atoms with Gasteiger partial charge in [0, 0.05) is 19.3 Å². The van der Waals surface area contributed by atoms with Gasteiger partial charge in [-0.05, 0) is 36.2 Å². The summed E-state index contributed by atoms with van der Waals surface area (Å²) in [5, 5.41) is 3.35. The molecule has 5 heteroatoms. The molecular formula is C16H19N3O2. The number of carbonyl (C=O) groups excluding carboxylic acids is 1. The number of pyridine rings is 1. The normalized spacial score (nSPS) is 10.3. The van der Waals surface area contributed by atoms with Crippen molar-refractivity contribution in [2.24, 2.45) is 5.73 Å². The van der Waals surface area contributed by atoms with Gasteiger partial charge in [0.1, 0.15) is 5.75 Å². The number of ether oxygens (including phenoxy) is 1. The lowest BCUT2D eigenvalue weighted by atomic mass is 10.2. The first-order valence-electron chi connectivity index (χ1n) is 6.76. The summed E-state index contributed by atoms with van der Waals surface area (Å²) in [4.78, 5) is 15.0. The molecule has 21 heavy (non-hydrogen) atoms. The van der Waals surface area contributed by atoms with Gasteiger partial charge in [-0.25, -0.2) is 0 Å². The Balaban J connectivity index is 1.81. The van der Waals surface area contributed by atoms with Crippen LogP contribution in [0.15, 0.2) is 42.6 Å². The molecule has 3 N–H and O–H groups in total. The van der Waals surface area contributed by atoms with Gasteiger partial charge in [-0.1, -0.05) is 18.2 Å². The van der Waals surface area contributed by atoms with Gasteiger partial charge in [0.05, 0.1) is 5.69 Å². The first kappa shape index (κ1) is 15.0. The second kappa shape index (κ2) is 7.40. The molecule has 1 heterocycles. The first-order chi connectivity index (χ1) is 10.1. The number of carbonyl (C=O) groups is 1. The number of hydrogen-bond donors (Lipinski definition) is 2. The maximum absolute atomic E-state index is 10.6. The van der Waals surface area contributed by atoms with Crippen molar-refractivity contribution >= 4 is 5.91 Å². The fourth-order valence-electron chi connectivity index (χ4n) is 1.89. The van der Waals surface area contributed by atoms with E-state index in [1.54, 1.807) is 6.20 Å². The second-order valence-electron chi connectivity index (χ2n) is 4.77. The van der Waals surface area contributed by atoms with E-state index in [1.165, 1.54) is 5.56 Å². The average Bonchev–Trinajstić information content (AvgIpc) is 2.48. The van der Waals surface area contributed by atoms with Crippen LogP contribution < -0.4 is 15.8 Å². The fourth-order valence-corrected chi connectivity index (χ4v) is 1.89. The summed E-state index contributed by atoms with van der Waals surface area (Å²) >= 11 is 0. The highest BCUT2D eigenvalue weighted by atomic mass is 16.5. The molecule has 0 radical (unpaired) electrons. The van der Waals surface area contributed by atoms with Crippen LogP contribution in [0.5, 0.6) is 5.75 Å². The lowest BCUT2D eigenvalue weighted by molar-refractivity contribution is -0.119. The molecule has 0 bridgehead atoms. The highest BCUT2D eigenvalue weighted by molar-refractivity contribution is 5.75. The molecule has 0 aliphatic carbocycles. The molecule has 0 atom stereocenters. The Bertz CT molecular complexity index is 597. The van der Waals surface area contributed by atoms with E-state index in [4.69, 9.17) is 10.5 Å². The van der Waals surface area contributed by atoms with Crippen LogP contribution >= 0.6 is 0 Å². The molecule has 1 amide bonds. The summed E-state index contributed by atoms with van der Waals surface area (Å²) in [6, 6.07) is 11.5. The van der Waals surface area contributed by atoms with Gasteiger partial charge in [0.15, 0.2) is 6.61 Å². The summed E-state index contributed by atoms with van der Waals surface area (Å²) in [6.07, 6.45) is 1.80. The van der Waals surface area contributed by atoms with Crippen LogP contribution in [-0.2, 0) is 17.9 Å². The minimum atomic E-state index is -0.480. The van der Waals surface area contributed by atoms with Crippen LogP contribution in [0.25, 0.3) is 0 Å². The lowest BCUT2D eigenvalue weighted by Crippen LogP contribution is -2.20. The van der Waals surface area contributed by atoms with E-state index in [2.05, 4.69) is 23.3 Å². The number of aryl methyl sites for hydroxylation is 1. The van der Waals surface area contributed by atoms with Crippen molar-refractivity contribution in [3.8, 4) is 5.75 Å². The minimum Gasteiger partial charge on any atom is -0.484 e. The van der Waals surface area contributed by atoms with Crippen LogP contribution in [0.2, 0.25) is 0 Å². The van der Waals surface area contributed by atoms with Gasteiger partial charge in [-0.3, -0.25) is 9.78 Å². The van der Waals surface area contributed by atoms with Crippen LogP contribution in [0.1, 0.15) is 16.8 Å². The zero-order chi connectivity index (χ0) is 15.1. The summed E-state index contributed by atoms with van der Waals surface area (Å²) in [5.41, 5.74) is 8.39. The summed E-state index contributed by atoms with van der Waals surface area (Å²) in [5.74, 6) is 0.157. The van der Waals surface area contributed by atoms with Crippen molar-refractivity contribution < 1.29 is 9.53 Å². The predicted octanol–water partition coefficient (Wildman–Crippen LogP) is 1.54. The number of nitrogens with zero attached hydrogens (tertiary/aromatic N) is 1. The molecule has 0 unspecified atom stereocenters. The smallest absolute Gasteiger partial charge is 0.255 e. The SMILES string of the molecule is Cc1cccnc1CNCc1ccc(OCC(N)=O)cc1. The third kappa shape index (κ3) is 4.89. The maximum Gasteiger partial charge on any atom is 0.255 e. The number of nitrogens with one attached hydrogen (secondary N) is 1. The Labute approximate surface area is 124 Å². The molecule has 0 aliphatic heterocycles. The van der Waals surface area contributed by atoms with Gasteiger partial charge in [-0.2, -0.15) is 0 Å². The zero-order valence-corrected chi connectivity index (χ0v) is 12.0. The first-order valence-corrected chi connectivity index (χ1v) is 6.76. The summed E-state index contributed by atoms with van der Waals surface area (Å²) in [7, 11) is 0. The van der Waals surface area contributed by atoms with Crippen LogP contribution in [-0.4, -0.2) is 17.5 Å². The molecule has 110 valence electrons.